The van der Waals surface area contributed by atoms with Gasteiger partial charge in [0.2, 0.25) is 0 Å². The maximum absolute atomic E-state index is 9.49. The second-order valence-corrected chi connectivity index (χ2v) is 6.65. The number of nitrogens with zero attached hydrogens (tertiary/aromatic N) is 1. The summed E-state index contributed by atoms with van der Waals surface area (Å²) in [6.45, 7) is 10.0. The fraction of sp³-hybridized carbons (Fsp3) is 0.938. The molecule has 0 radical (unpaired) electrons. The highest BCUT2D eigenvalue weighted by molar-refractivity contribution is 14.0. The minimum atomic E-state index is -0.179. The van der Waals surface area contributed by atoms with Gasteiger partial charge in [-0.3, -0.25) is 4.99 Å². The molecule has 1 rings (SSSR count). The smallest absolute Gasteiger partial charge is 0.191 e. The van der Waals surface area contributed by atoms with Crippen molar-refractivity contribution in [1.29, 1.82) is 0 Å². The van der Waals surface area contributed by atoms with Crippen LogP contribution in [0.1, 0.15) is 40.0 Å². The number of hydrogen-bond donors (Lipinski definition) is 4. The fourth-order valence-corrected chi connectivity index (χ4v) is 2.47. The second-order valence-electron chi connectivity index (χ2n) is 6.65. The molecule has 0 amide bonds. The lowest BCUT2D eigenvalue weighted by molar-refractivity contribution is 0.127. The number of hydrogen-bond acceptors (Lipinski definition) is 4. The van der Waals surface area contributed by atoms with Crippen molar-refractivity contribution in [2.24, 2.45) is 15.8 Å². The van der Waals surface area contributed by atoms with Crippen molar-refractivity contribution in [3.8, 4) is 0 Å². The Balaban J connectivity index is 0.00000484. The molecule has 1 aliphatic rings. The lowest BCUT2D eigenvalue weighted by Gasteiger charge is -2.28. The summed E-state index contributed by atoms with van der Waals surface area (Å²) in [6, 6.07) is 0. The summed E-state index contributed by atoms with van der Waals surface area (Å²) >= 11 is 0. The quantitative estimate of drug-likeness (QED) is 0.246. The van der Waals surface area contributed by atoms with Gasteiger partial charge in [0.25, 0.3) is 0 Å². The monoisotopic (exact) mass is 443 g/mol. The third-order valence-electron chi connectivity index (χ3n) is 4.66. The number of aliphatic hydroxyl groups is 2. The first kappa shape index (κ1) is 22.9. The Labute approximate surface area is 157 Å². The largest absolute Gasteiger partial charge is 0.396 e. The lowest BCUT2D eigenvalue weighted by Crippen LogP contribution is -2.45. The average Bonchev–Trinajstić information content (AvgIpc) is 2.99. The van der Waals surface area contributed by atoms with E-state index < -0.39 is 0 Å². The number of nitrogens with one attached hydrogen (secondary N) is 2. The van der Waals surface area contributed by atoms with Gasteiger partial charge in [-0.05, 0) is 26.2 Å². The van der Waals surface area contributed by atoms with E-state index in [2.05, 4.69) is 22.5 Å². The number of rotatable bonds is 9. The van der Waals surface area contributed by atoms with E-state index in [-0.39, 0.29) is 48.0 Å². The van der Waals surface area contributed by atoms with E-state index in [1.54, 1.807) is 0 Å². The first-order valence-electron chi connectivity index (χ1n) is 8.35. The van der Waals surface area contributed by atoms with Gasteiger partial charge in [0.1, 0.15) is 0 Å². The van der Waals surface area contributed by atoms with Crippen LogP contribution in [0, 0.1) is 10.8 Å². The van der Waals surface area contributed by atoms with E-state index in [1.165, 1.54) is 0 Å². The van der Waals surface area contributed by atoms with Crippen LogP contribution in [0.25, 0.3) is 0 Å². The van der Waals surface area contributed by atoms with E-state index in [4.69, 9.17) is 4.74 Å². The van der Waals surface area contributed by atoms with Crippen molar-refractivity contribution >= 4 is 29.9 Å². The lowest BCUT2D eigenvalue weighted by atomic mass is 9.84. The van der Waals surface area contributed by atoms with Crippen LogP contribution in [0.15, 0.2) is 4.99 Å². The Hall–Kier alpha value is -0.120. The summed E-state index contributed by atoms with van der Waals surface area (Å²) < 4.78 is 5.51. The highest BCUT2D eigenvalue weighted by atomic mass is 127. The first-order chi connectivity index (χ1) is 10.5. The molecule has 1 heterocycles. The Morgan fingerprint density at radius 3 is 2.52 bits per heavy atom. The first-order valence-corrected chi connectivity index (χ1v) is 8.35. The molecule has 138 valence electrons. The van der Waals surface area contributed by atoms with Gasteiger partial charge in [-0.1, -0.05) is 13.8 Å². The van der Waals surface area contributed by atoms with E-state index in [9.17, 15) is 10.2 Å². The summed E-state index contributed by atoms with van der Waals surface area (Å²) in [6.07, 6.45) is 2.58. The van der Waals surface area contributed by atoms with Crippen LogP contribution in [0.4, 0.5) is 0 Å². The molecule has 23 heavy (non-hydrogen) atoms. The number of halogens is 1. The van der Waals surface area contributed by atoms with Gasteiger partial charge < -0.3 is 25.6 Å². The molecule has 4 N–H and O–H groups in total. The van der Waals surface area contributed by atoms with E-state index in [1.807, 2.05) is 13.8 Å². The van der Waals surface area contributed by atoms with Gasteiger partial charge in [0, 0.05) is 37.1 Å². The van der Waals surface area contributed by atoms with E-state index in [0.717, 1.165) is 44.9 Å². The van der Waals surface area contributed by atoms with Gasteiger partial charge in [0.05, 0.1) is 19.8 Å². The van der Waals surface area contributed by atoms with Crippen molar-refractivity contribution in [2.75, 3.05) is 46.1 Å². The molecule has 6 nitrogen and oxygen atoms in total. The maximum atomic E-state index is 9.49. The highest BCUT2D eigenvalue weighted by Gasteiger charge is 2.34. The van der Waals surface area contributed by atoms with E-state index in [0.29, 0.717) is 13.2 Å². The summed E-state index contributed by atoms with van der Waals surface area (Å²) in [5.41, 5.74) is -0.183. The second kappa shape index (κ2) is 11.4. The summed E-state index contributed by atoms with van der Waals surface area (Å²) in [5.74, 6) is 0.764. The molecule has 0 bridgehead atoms. The van der Waals surface area contributed by atoms with Crippen LogP contribution in [0.2, 0.25) is 0 Å². The summed E-state index contributed by atoms with van der Waals surface area (Å²) in [4.78, 5) is 4.61. The zero-order valence-electron chi connectivity index (χ0n) is 14.7. The van der Waals surface area contributed by atoms with Gasteiger partial charge in [-0.15, -0.1) is 24.0 Å². The Morgan fingerprint density at radius 2 is 2.04 bits per heavy atom. The molecule has 2 atom stereocenters. The molecule has 1 saturated heterocycles. The summed E-state index contributed by atoms with van der Waals surface area (Å²) in [5, 5.41) is 25.4. The third kappa shape index (κ3) is 7.53. The number of aliphatic imine (C=N–C) groups is 1. The summed E-state index contributed by atoms with van der Waals surface area (Å²) in [7, 11) is 0. The van der Waals surface area contributed by atoms with Crippen molar-refractivity contribution in [2.45, 2.75) is 40.0 Å². The minimum absolute atomic E-state index is 0. The molecule has 0 aromatic heterocycles. The molecule has 0 saturated carbocycles. The van der Waals surface area contributed by atoms with Crippen LogP contribution in [0.3, 0.4) is 0 Å². The van der Waals surface area contributed by atoms with Crippen LogP contribution in [0.5, 0.6) is 0 Å². The average molecular weight is 443 g/mol. The standard InChI is InChI=1S/C16H33N3O3.HI/c1-4-15(3,12-21)10-18-14(17-5-2)19-11-16(6-8-20)7-9-22-13-16;/h20-21H,4-13H2,1-3H3,(H2,17,18,19);1H. The molecule has 0 spiro atoms. The van der Waals surface area contributed by atoms with Crippen LogP contribution < -0.4 is 10.6 Å². The van der Waals surface area contributed by atoms with Crippen LogP contribution >= 0.6 is 24.0 Å². The molecule has 7 heteroatoms. The van der Waals surface area contributed by atoms with Gasteiger partial charge in [0.15, 0.2) is 5.96 Å². The third-order valence-corrected chi connectivity index (χ3v) is 4.66. The van der Waals surface area contributed by atoms with Crippen molar-refractivity contribution in [1.82, 2.24) is 10.6 Å². The minimum Gasteiger partial charge on any atom is -0.396 e. The topological polar surface area (TPSA) is 86.1 Å². The maximum Gasteiger partial charge on any atom is 0.191 e. The molecule has 0 aliphatic carbocycles. The van der Waals surface area contributed by atoms with Gasteiger partial charge in [-0.2, -0.15) is 0 Å². The van der Waals surface area contributed by atoms with Crippen molar-refractivity contribution in [3.05, 3.63) is 0 Å². The van der Waals surface area contributed by atoms with Crippen molar-refractivity contribution in [3.63, 3.8) is 0 Å². The Bertz CT molecular complexity index is 343. The molecule has 1 aliphatic heterocycles. The zero-order valence-corrected chi connectivity index (χ0v) is 17.1. The Morgan fingerprint density at radius 1 is 1.30 bits per heavy atom. The van der Waals surface area contributed by atoms with Crippen LogP contribution in [-0.2, 0) is 4.74 Å². The van der Waals surface area contributed by atoms with Crippen LogP contribution in [-0.4, -0.2) is 62.2 Å². The normalized spacial score (nSPS) is 24.0. The number of guanidine groups is 1. The zero-order chi connectivity index (χ0) is 16.5. The van der Waals surface area contributed by atoms with Crippen molar-refractivity contribution < 1.29 is 14.9 Å². The molecular formula is C16H34IN3O3. The predicted octanol–water partition coefficient (Wildman–Crippen LogP) is 1.36. The fourth-order valence-electron chi connectivity index (χ4n) is 2.47. The number of ether oxygens (including phenoxy) is 1. The van der Waals surface area contributed by atoms with E-state index >= 15 is 0 Å². The molecule has 1 fully saturated rings. The highest BCUT2D eigenvalue weighted by Crippen LogP contribution is 2.31. The SMILES string of the molecule is CCNC(=NCC(C)(CC)CO)NCC1(CCO)CCOC1.I. The molecular weight excluding hydrogens is 409 g/mol. The predicted molar refractivity (Wildman–Crippen MR) is 104 cm³/mol. The molecule has 0 aromatic rings. The Kier molecular flexibility index (Phi) is 11.4. The number of aliphatic hydroxyl groups excluding tert-OH is 2. The van der Waals surface area contributed by atoms with Gasteiger partial charge >= 0.3 is 0 Å². The molecule has 2 unspecified atom stereocenters. The van der Waals surface area contributed by atoms with Gasteiger partial charge in [-0.25, -0.2) is 0 Å². The molecule has 0 aromatic carbocycles.